The number of nitrogens with zero attached hydrogens (tertiary/aromatic N) is 2. The molecule has 0 saturated carbocycles. The molecule has 3 rings (SSSR count). The first-order valence-electron chi connectivity index (χ1n) is 16.3. The molecule has 0 radical (unpaired) electrons. The summed E-state index contributed by atoms with van der Waals surface area (Å²) in [6.45, 7) is 6.36. The van der Waals surface area contributed by atoms with Crippen molar-refractivity contribution in [2.75, 3.05) is 27.2 Å². The highest BCUT2D eigenvalue weighted by Crippen LogP contribution is 2.22. The fourth-order valence-electron chi connectivity index (χ4n) is 5.90. The van der Waals surface area contributed by atoms with Crippen LogP contribution in [0.25, 0.3) is 0 Å². The topological polar surface area (TPSA) is 121 Å². The molecule has 2 aromatic carbocycles. The Balaban J connectivity index is 1.58. The summed E-state index contributed by atoms with van der Waals surface area (Å²) in [6, 6.07) is 17.7. The molecule has 1 fully saturated rings. The SMILES string of the molecule is CC(C)[C@H](CC(=O)[C@H](C)NC(=O)[C@@H](CC(=O)c1ccccc1)Cc1ccccc1)C(=O)C(=O)CCC(=O)N1CCC(N(C)C)CC1. The van der Waals surface area contributed by atoms with Crippen molar-refractivity contribution in [2.45, 2.75) is 77.8 Å². The van der Waals surface area contributed by atoms with Gasteiger partial charge in [0.1, 0.15) is 0 Å². The van der Waals surface area contributed by atoms with Crippen LogP contribution in [0.2, 0.25) is 0 Å². The number of ketones is 4. The highest BCUT2D eigenvalue weighted by atomic mass is 16.2. The average Bonchev–Trinajstić information content (AvgIpc) is 3.05. The quantitative estimate of drug-likeness (QED) is 0.204. The van der Waals surface area contributed by atoms with Crippen LogP contribution in [0.15, 0.2) is 60.7 Å². The van der Waals surface area contributed by atoms with Gasteiger partial charge >= 0.3 is 0 Å². The maximum atomic E-state index is 13.4. The monoisotopic (exact) mass is 631 g/mol. The van der Waals surface area contributed by atoms with Gasteiger partial charge in [-0.3, -0.25) is 28.8 Å². The summed E-state index contributed by atoms with van der Waals surface area (Å²) in [6.07, 6.45) is 1.60. The standard InChI is InChI=1S/C37H49N3O6/c1-25(2)31(36(45)32(41)16-17-35(44)40-20-18-30(19-21-40)39(4)5)24-33(42)26(3)38-37(46)29(22-27-12-8-6-9-13-27)23-34(43)28-14-10-7-11-15-28/h6-15,25-26,29-31H,16-24H2,1-5H3,(H,38,46)/t26-,29+,31-/m0/s1. The number of piperidine rings is 1. The lowest BCUT2D eigenvalue weighted by molar-refractivity contribution is -0.142. The van der Waals surface area contributed by atoms with Gasteiger partial charge in [-0.25, -0.2) is 0 Å². The minimum absolute atomic E-state index is 0.0281. The molecule has 0 aliphatic carbocycles. The normalized spacial score (nSPS) is 15.7. The fraction of sp³-hybridized carbons (Fsp3) is 0.514. The van der Waals surface area contributed by atoms with Crippen molar-refractivity contribution in [1.82, 2.24) is 15.1 Å². The average molecular weight is 632 g/mol. The van der Waals surface area contributed by atoms with Crippen LogP contribution in [0.3, 0.4) is 0 Å². The zero-order valence-corrected chi connectivity index (χ0v) is 27.9. The van der Waals surface area contributed by atoms with Gasteiger partial charge in [0.25, 0.3) is 0 Å². The van der Waals surface area contributed by atoms with Crippen molar-refractivity contribution in [3.63, 3.8) is 0 Å². The van der Waals surface area contributed by atoms with Crippen molar-refractivity contribution in [1.29, 1.82) is 0 Å². The molecule has 1 saturated heterocycles. The maximum absolute atomic E-state index is 13.4. The Kier molecular flexibility index (Phi) is 14.0. The molecule has 0 bridgehead atoms. The van der Waals surface area contributed by atoms with E-state index in [9.17, 15) is 28.8 Å². The molecular formula is C37H49N3O6. The van der Waals surface area contributed by atoms with Crippen LogP contribution in [0.4, 0.5) is 0 Å². The maximum Gasteiger partial charge on any atom is 0.224 e. The molecule has 0 unspecified atom stereocenters. The van der Waals surface area contributed by atoms with Crippen LogP contribution in [-0.2, 0) is 30.4 Å². The van der Waals surface area contributed by atoms with E-state index in [2.05, 4.69) is 10.2 Å². The van der Waals surface area contributed by atoms with Gasteiger partial charge in [-0.1, -0.05) is 74.5 Å². The summed E-state index contributed by atoms with van der Waals surface area (Å²) in [5.41, 5.74) is 1.40. The lowest BCUT2D eigenvalue weighted by Gasteiger charge is -2.35. The van der Waals surface area contributed by atoms with Gasteiger partial charge in [0, 0.05) is 62.2 Å². The predicted molar refractivity (Wildman–Crippen MR) is 177 cm³/mol. The molecule has 9 heteroatoms. The number of benzene rings is 2. The fourth-order valence-corrected chi connectivity index (χ4v) is 5.90. The number of hydrogen-bond acceptors (Lipinski definition) is 7. The third-order valence-electron chi connectivity index (χ3n) is 9.02. The van der Waals surface area contributed by atoms with Crippen molar-refractivity contribution >= 4 is 34.9 Å². The van der Waals surface area contributed by atoms with Crippen LogP contribution < -0.4 is 5.32 Å². The summed E-state index contributed by atoms with van der Waals surface area (Å²) < 4.78 is 0. The molecular weight excluding hydrogens is 582 g/mol. The van der Waals surface area contributed by atoms with E-state index < -0.39 is 35.4 Å². The van der Waals surface area contributed by atoms with Crippen LogP contribution >= 0.6 is 0 Å². The molecule has 46 heavy (non-hydrogen) atoms. The molecule has 1 heterocycles. The Morgan fingerprint density at radius 2 is 1.41 bits per heavy atom. The highest BCUT2D eigenvalue weighted by Gasteiger charge is 2.33. The minimum Gasteiger partial charge on any atom is -0.346 e. The molecule has 9 nitrogen and oxygen atoms in total. The van der Waals surface area contributed by atoms with Crippen molar-refractivity contribution < 1.29 is 28.8 Å². The third-order valence-corrected chi connectivity index (χ3v) is 9.02. The predicted octanol–water partition coefficient (Wildman–Crippen LogP) is 4.33. The van der Waals surface area contributed by atoms with E-state index in [1.807, 2.05) is 50.5 Å². The van der Waals surface area contributed by atoms with Crippen LogP contribution in [0, 0.1) is 17.8 Å². The van der Waals surface area contributed by atoms with Gasteiger partial charge in [-0.05, 0) is 51.8 Å². The molecule has 1 N–H and O–H groups in total. The smallest absolute Gasteiger partial charge is 0.224 e. The third kappa shape index (κ3) is 10.8. The van der Waals surface area contributed by atoms with Crippen LogP contribution in [0.1, 0.15) is 75.2 Å². The summed E-state index contributed by atoms with van der Waals surface area (Å²) in [4.78, 5) is 82.4. The number of carbonyl (C=O) groups excluding carboxylic acids is 6. The molecule has 248 valence electrons. The van der Waals surface area contributed by atoms with E-state index >= 15 is 0 Å². The Labute approximate surface area is 273 Å². The largest absolute Gasteiger partial charge is 0.346 e. The molecule has 0 spiro atoms. The van der Waals surface area contributed by atoms with E-state index in [-0.39, 0.29) is 49.1 Å². The molecule has 1 aliphatic rings. The lowest BCUT2D eigenvalue weighted by atomic mass is 9.83. The first kappa shape index (κ1) is 36.5. The first-order valence-corrected chi connectivity index (χ1v) is 16.3. The molecule has 2 aromatic rings. The van der Waals surface area contributed by atoms with E-state index in [1.165, 1.54) is 0 Å². The van der Waals surface area contributed by atoms with Gasteiger partial charge < -0.3 is 15.1 Å². The number of Topliss-reactive ketones (excluding diaryl/α,β-unsaturated/α-hetero) is 4. The summed E-state index contributed by atoms with van der Waals surface area (Å²) in [7, 11) is 4.05. The van der Waals surface area contributed by atoms with Crippen LogP contribution in [0.5, 0.6) is 0 Å². The Morgan fingerprint density at radius 3 is 1.98 bits per heavy atom. The number of rotatable bonds is 17. The molecule has 3 atom stereocenters. The molecule has 1 aliphatic heterocycles. The second kappa shape index (κ2) is 17.6. The van der Waals surface area contributed by atoms with Crippen molar-refractivity contribution in [2.24, 2.45) is 17.8 Å². The lowest BCUT2D eigenvalue weighted by Crippen LogP contribution is -2.45. The van der Waals surface area contributed by atoms with Gasteiger partial charge in [0.15, 0.2) is 17.3 Å². The van der Waals surface area contributed by atoms with Crippen molar-refractivity contribution in [3.8, 4) is 0 Å². The Morgan fingerprint density at radius 1 is 0.826 bits per heavy atom. The number of nitrogens with one attached hydrogen (secondary N) is 1. The van der Waals surface area contributed by atoms with Crippen molar-refractivity contribution in [3.05, 3.63) is 71.8 Å². The van der Waals surface area contributed by atoms with Gasteiger partial charge in [-0.2, -0.15) is 0 Å². The van der Waals surface area contributed by atoms with E-state index in [1.54, 1.807) is 49.9 Å². The summed E-state index contributed by atoms with van der Waals surface area (Å²) in [5.74, 6) is -4.27. The van der Waals surface area contributed by atoms with E-state index in [0.29, 0.717) is 31.1 Å². The number of amides is 2. The van der Waals surface area contributed by atoms with E-state index in [4.69, 9.17) is 0 Å². The van der Waals surface area contributed by atoms with Gasteiger partial charge in [0.05, 0.1) is 6.04 Å². The van der Waals surface area contributed by atoms with Gasteiger partial charge in [0.2, 0.25) is 17.6 Å². The summed E-state index contributed by atoms with van der Waals surface area (Å²) >= 11 is 0. The Bertz CT molecular complexity index is 1350. The zero-order chi connectivity index (χ0) is 33.8. The second-order valence-electron chi connectivity index (χ2n) is 13.0. The van der Waals surface area contributed by atoms with Crippen LogP contribution in [-0.4, -0.2) is 84.0 Å². The second-order valence-corrected chi connectivity index (χ2v) is 13.0. The number of likely N-dealkylation sites (tertiary alicyclic amines) is 1. The van der Waals surface area contributed by atoms with E-state index in [0.717, 1.165) is 18.4 Å². The zero-order valence-electron chi connectivity index (χ0n) is 27.9. The number of hydrogen-bond donors (Lipinski definition) is 1. The Hall–Kier alpha value is -3.98. The first-order chi connectivity index (χ1) is 21.9. The highest BCUT2D eigenvalue weighted by molar-refractivity contribution is 6.38. The molecule has 0 aromatic heterocycles. The summed E-state index contributed by atoms with van der Waals surface area (Å²) in [5, 5.41) is 2.77. The van der Waals surface area contributed by atoms with Gasteiger partial charge in [-0.15, -0.1) is 0 Å². The minimum atomic E-state index is -0.923. The number of carbonyl (C=O) groups is 6. The molecule has 2 amide bonds.